The summed E-state index contributed by atoms with van der Waals surface area (Å²) in [6.45, 7) is 2.99. The van der Waals surface area contributed by atoms with E-state index in [-0.39, 0.29) is 0 Å². The topological polar surface area (TPSA) is 37.8 Å². The predicted octanol–water partition coefficient (Wildman–Crippen LogP) is 3.83. The van der Waals surface area contributed by atoms with Crippen LogP contribution in [0, 0.1) is 0 Å². The Bertz CT molecular complexity index is 593. The molecule has 0 atom stereocenters. The number of hydrogen-bond donors (Lipinski definition) is 1. The van der Waals surface area contributed by atoms with Crippen LogP contribution in [0.4, 0.5) is 5.82 Å². The molecule has 3 rings (SSSR count). The average Bonchev–Trinajstić information content (AvgIpc) is 2.88. The maximum atomic E-state index is 4.73. The van der Waals surface area contributed by atoms with Gasteiger partial charge in [0.15, 0.2) is 5.82 Å². The van der Waals surface area contributed by atoms with Crippen LogP contribution < -0.4 is 5.32 Å². The van der Waals surface area contributed by atoms with Gasteiger partial charge in [0, 0.05) is 27.8 Å². The Hall–Kier alpha value is -1.42. The lowest BCUT2D eigenvalue weighted by Crippen LogP contribution is -2.06. The molecule has 0 saturated heterocycles. The molecule has 0 radical (unpaired) electrons. The summed E-state index contributed by atoms with van der Waals surface area (Å²) in [5, 5.41) is 3.37. The molecule has 0 unspecified atom stereocenters. The van der Waals surface area contributed by atoms with Crippen LogP contribution in [0.25, 0.3) is 11.4 Å². The Kier molecular flexibility index (Phi) is 3.51. The fraction of sp³-hybridized carbons (Fsp3) is 0.333. The van der Waals surface area contributed by atoms with Gasteiger partial charge < -0.3 is 5.32 Å². The lowest BCUT2D eigenvalue weighted by Gasteiger charge is -2.11. The van der Waals surface area contributed by atoms with E-state index in [2.05, 4.69) is 40.3 Å². The highest BCUT2D eigenvalue weighted by Gasteiger charge is 2.19. The Balaban J connectivity index is 2.07. The van der Waals surface area contributed by atoms with E-state index >= 15 is 0 Å². The van der Waals surface area contributed by atoms with E-state index in [0.29, 0.717) is 0 Å². The molecule has 98 valence electrons. The minimum Gasteiger partial charge on any atom is -0.370 e. The number of benzene rings is 1. The average molecular weight is 318 g/mol. The molecular formula is C15H16BrN3. The van der Waals surface area contributed by atoms with Crippen molar-refractivity contribution >= 4 is 21.7 Å². The van der Waals surface area contributed by atoms with Crippen molar-refractivity contribution in [2.24, 2.45) is 0 Å². The Morgan fingerprint density at radius 3 is 2.68 bits per heavy atom. The fourth-order valence-electron chi connectivity index (χ4n) is 2.47. The summed E-state index contributed by atoms with van der Waals surface area (Å²) in [5.41, 5.74) is 3.59. The van der Waals surface area contributed by atoms with Crippen molar-refractivity contribution in [2.75, 3.05) is 11.9 Å². The number of nitrogens with zero attached hydrogens (tertiary/aromatic N) is 2. The minimum atomic E-state index is 0.823. The summed E-state index contributed by atoms with van der Waals surface area (Å²) < 4.78 is 1.07. The van der Waals surface area contributed by atoms with Crippen LogP contribution in [0.5, 0.6) is 0 Å². The molecule has 2 aromatic rings. The van der Waals surface area contributed by atoms with E-state index in [1.54, 1.807) is 0 Å². The number of hydrogen-bond acceptors (Lipinski definition) is 3. The second-order valence-corrected chi connectivity index (χ2v) is 5.63. The first kappa shape index (κ1) is 12.6. The third-order valence-corrected chi connectivity index (χ3v) is 3.91. The monoisotopic (exact) mass is 317 g/mol. The van der Waals surface area contributed by atoms with Gasteiger partial charge in [0.2, 0.25) is 0 Å². The number of rotatable bonds is 3. The van der Waals surface area contributed by atoms with Crippen LogP contribution in [0.15, 0.2) is 28.7 Å². The first-order chi connectivity index (χ1) is 9.28. The van der Waals surface area contributed by atoms with Crippen molar-refractivity contribution in [1.82, 2.24) is 9.97 Å². The molecule has 0 saturated carbocycles. The SMILES string of the molecule is CCNc1nc(-c2ccc(Br)cc2)nc2c1CCC2. The highest BCUT2D eigenvalue weighted by Crippen LogP contribution is 2.29. The lowest BCUT2D eigenvalue weighted by atomic mass is 10.2. The molecule has 1 N–H and O–H groups in total. The number of aromatic nitrogens is 2. The molecule has 0 bridgehead atoms. The van der Waals surface area contributed by atoms with Crippen LogP contribution in [0.3, 0.4) is 0 Å². The zero-order chi connectivity index (χ0) is 13.2. The lowest BCUT2D eigenvalue weighted by molar-refractivity contribution is 0.900. The van der Waals surface area contributed by atoms with Gasteiger partial charge in [-0.15, -0.1) is 0 Å². The van der Waals surface area contributed by atoms with Gasteiger partial charge in [-0.25, -0.2) is 9.97 Å². The smallest absolute Gasteiger partial charge is 0.161 e. The molecule has 4 heteroatoms. The molecule has 0 amide bonds. The molecule has 3 nitrogen and oxygen atoms in total. The van der Waals surface area contributed by atoms with Gasteiger partial charge >= 0.3 is 0 Å². The molecular weight excluding hydrogens is 302 g/mol. The van der Waals surface area contributed by atoms with Gasteiger partial charge in [-0.2, -0.15) is 0 Å². The molecule has 1 aromatic carbocycles. The standard InChI is InChI=1S/C15H16BrN3/c1-2-17-15-12-4-3-5-13(12)18-14(19-15)10-6-8-11(16)9-7-10/h6-9H,2-5H2,1H3,(H,17,18,19). The maximum absolute atomic E-state index is 4.73. The second kappa shape index (κ2) is 5.29. The highest BCUT2D eigenvalue weighted by atomic mass is 79.9. The van der Waals surface area contributed by atoms with E-state index in [1.165, 1.54) is 17.7 Å². The third-order valence-electron chi connectivity index (χ3n) is 3.38. The number of nitrogens with one attached hydrogen (secondary N) is 1. The second-order valence-electron chi connectivity index (χ2n) is 4.71. The van der Waals surface area contributed by atoms with Crippen LogP contribution in [-0.4, -0.2) is 16.5 Å². The normalized spacial score (nSPS) is 13.4. The van der Waals surface area contributed by atoms with Gasteiger partial charge in [0.1, 0.15) is 5.82 Å². The Labute approximate surface area is 121 Å². The van der Waals surface area contributed by atoms with E-state index < -0.39 is 0 Å². The van der Waals surface area contributed by atoms with Gasteiger partial charge in [0.05, 0.1) is 0 Å². The zero-order valence-electron chi connectivity index (χ0n) is 10.9. The number of anilines is 1. The van der Waals surface area contributed by atoms with Crippen molar-refractivity contribution < 1.29 is 0 Å². The quantitative estimate of drug-likeness (QED) is 0.935. The predicted molar refractivity (Wildman–Crippen MR) is 81.4 cm³/mol. The summed E-state index contributed by atoms with van der Waals surface area (Å²) in [6.07, 6.45) is 3.35. The summed E-state index contributed by atoms with van der Waals surface area (Å²) in [7, 11) is 0. The van der Waals surface area contributed by atoms with Crippen molar-refractivity contribution in [2.45, 2.75) is 26.2 Å². The molecule has 1 aromatic heterocycles. The first-order valence-electron chi connectivity index (χ1n) is 6.67. The maximum Gasteiger partial charge on any atom is 0.161 e. The van der Waals surface area contributed by atoms with Crippen molar-refractivity contribution in [1.29, 1.82) is 0 Å². The molecule has 0 fully saturated rings. The molecule has 0 aliphatic heterocycles. The van der Waals surface area contributed by atoms with Crippen LogP contribution in [0.2, 0.25) is 0 Å². The molecule has 1 heterocycles. The van der Waals surface area contributed by atoms with Crippen molar-refractivity contribution in [3.8, 4) is 11.4 Å². The van der Waals surface area contributed by atoms with E-state index in [4.69, 9.17) is 9.97 Å². The fourth-order valence-corrected chi connectivity index (χ4v) is 2.74. The van der Waals surface area contributed by atoms with Crippen molar-refractivity contribution in [3.63, 3.8) is 0 Å². The molecule has 1 aliphatic carbocycles. The van der Waals surface area contributed by atoms with E-state index in [0.717, 1.165) is 41.1 Å². The number of fused-ring (bicyclic) bond motifs is 1. The Morgan fingerprint density at radius 2 is 1.95 bits per heavy atom. The molecule has 1 aliphatic rings. The van der Waals surface area contributed by atoms with Gasteiger partial charge in [-0.1, -0.05) is 28.1 Å². The molecule has 0 spiro atoms. The largest absolute Gasteiger partial charge is 0.370 e. The number of halogens is 1. The van der Waals surface area contributed by atoms with Gasteiger partial charge in [-0.05, 0) is 38.3 Å². The van der Waals surface area contributed by atoms with Crippen LogP contribution in [-0.2, 0) is 12.8 Å². The summed E-state index contributed by atoms with van der Waals surface area (Å²) in [5.74, 6) is 1.84. The highest BCUT2D eigenvalue weighted by molar-refractivity contribution is 9.10. The first-order valence-corrected chi connectivity index (χ1v) is 7.47. The summed E-state index contributed by atoms with van der Waals surface area (Å²) in [6, 6.07) is 8.16. The summed E-state index contributed by atoms with van der Waals surface area (Å²) in [4.78, 5) is 9.43. The van der Waals surface area contributed by atoms with Gasteiger partial charge in [0.25, 0.3) is 0 Å². The minimum absolute atomic E-state index is 0.823. The van der Waals surface area contributed by atoms with Crippen LogP contribution in [0.1, 0.15) is 24.6 Å². The van der Waals surface area contributed by atoms with E-state index in [9.17, 15) is 0 Å². The van der Waals surface area contributed by atoms with E-state index in [1.807, 2.05) is 12.1 Å². The zero-order valence-corrected chi connectivity index (χ0v) is 12.5. The number of aryl methyl sites for hydroxylation is 1. The summed E-state index contributed by atoms with van der Waals surface area (Å²) >= 11 is 3.45. The third kappa shape index (κ3) is 2.50. The Morgan fingerprint density at radius 1 is 1.16 bits per heavy atom. The van der Waals surface area contributed by atoms with Gasteiger partial charge in [-0.3, -0.25) is 0 Å². The van der Waals surface area contributed by atoms with Crippen molar-refractivity contribution in [3.05, 3.63) is 40.0 Å². The molecule has 19 heavy (non-hydrogen) atoms. The van der Waals surface area contributed by atoms with Crippen LogP contribution >= 0.6 is 15.9 Å².